The highest BCUT2D eigenvalue weighted by molar-refractivity contribution is 9.10. The number of benzene rings is 1. The van der Waals surface area contributed by atoms with Crippen molar-refractivity contribution in [3.05, 3.63) is 28.2 Å². The highest BCUT2D eigenvalue weighted by Crippen LogP contribution is 2.31. The highest BCUT2D eigenvalue weighted by atomic mass is 79.9. The summed E-state index contributed by atoms with van der Waals surface area (Å²) in [4.78, 5) is 0. The lowest BCUT2D eigenvalue weighted by molar-refractivity contribution is 0.113. The Morgan fingerprint density at radius 2 is 2.05 bits per heavy atom. The van der Waals surface area contributed by atoms with Crippen molar-refractivity contribution in [2.24, 2.45) is 0 Å². The SMILES string of the molecule is CCC(NC1CCCCCC1O)c1cc(Br)ccc1O. The lowest BCUT2D eigenvalue weighted by atomic mass is 9.99. The lowest BCUT2D eigenvalue weighted by Crippen LogP contribution is -2.41. The van der Waals surface area contributed by atoms with Crippen molar-refractivity contribution in [3.63, 3.8) is 0 Å². The van der Waals surface area contributed by atoms with E-state index in [4.69, 9.17) is 0 Å². The molecule has 1 aliphatic rings. The average Bonchev–Trinajstić information content (AvgIpc) is 2.64. The van der Waals surface area contributed by atoms with Gasteiger partial charge in [0.2, 0.25) is 0 Å². The van der Waals surface area contributed by atoms with Gasteiger partial charge in [-0.2, -0.15) is 0 Å². The van der Waals surface area contributed by atoms with Crippen LogP contribution in [0.25, 0.3) is 0 Å². The molecule has 3 N–H and O–H groups in total. The Bertz CT molecular complexity index is 438. The number of phenols is 1. The number of phenolic OH excluding ortho intramolecular Hbond substituents is 1. The third-order valence-electron chi connectivity index (χ3n) is 4.17. The van der Waals surface area contributed by atoms with E-state index in [0.717, 1.165) is 42.1 Å². The maximum Gasteiger partial charge on any atom is 0.120 e. The second-order valence-electron chi connectivity index (χ2n) is 5.64. The van der Waals surface area contributed by atoms with Crippen LogP contribution in [0.5, 0.6) is 5.75 Å². The summed E-state index contributed by atoms with van der Waals surface area (Å²) >= 11 is 3.46. The summed E-state index contributed by atoms with van der Waals surface area (Å²) in [5.41, 5.74) is 0.901. The normalized spacial score (nSPS) is 25.1. The van der Waals surface area contributed by atoms with Crippen molar-refractivity contribution in [1.29, 1.82) is 0 Å². The van der Waals surface area contributed by atoms with E-state index in [2.05, 4.69) is 28.2 Å². The number of hydrogen-bond donors (Lipinski definition) is 3. The molecule has 0 heterocycles. The molecule has 20 heavy (non-hydrogen) atoms. The van der Waals surface area contributed by atoms with E-state index in [1.54, 1.807) is 6.07 Å². The van der Waals surface area contributed by atoms with E-state index in [1.807, 2.05) is 12.1 Å². The molecule has 1 saturated carbocycles. The molecule has 0 saturated heterocycles. The fourth-order valence-corrected chi connectivity index (χ4v) is 3.35. The van der Waals surface area contributed by atoms with Crippen LogP contribution in [0.3, 0.4) is 0 Å². The molecule has 1 fully saturated rings. The second-order valence-corrected chi connectivity index (χ2v) is 6.56. The zero-order valence-corrected chi connectivity index (χ0v) is 13.6. The molecule has 0 bridgehead atoms. The molecule has 112 valence electrons. The van der Waals surface area contributed by atoms with Gasteiger partial charge in [0.05, 0.1) is 6.10 Å². The first-order valence-electron chi connectivity index (χ1n) is 7.54. The molecule has 1 aliphatic carbocycles. The van der Waals surface area contributed by atoms with Crippen molar-refractivity contribution in [2.75, 3.05) is 0 Å². The fraction of sp³-hybridized carbons (Fsp3) is 0.625. The molecule has 3 atom stereocenters. The van der Waals surface area contributed by atoms with Gasteiger partial charge < -0.3 is 15.5 Å². The first-order valence-corrected chi connectivity index (χ1v) is 8.33. The highest BCUT2D eigenvalue weighted by Gasteiger charge is 2.25. The zero-order valence-electron chi connectivity index (χ0n) is 12.0. The van der Waals surface area contributed by atoms with Crippen molar-refractivity contribution < 1.29 is 10.2 Å². The average molecular weight is 342 g/mol. The summed E-state index contributed by atoms with van der Waals surface area (Å²) in [6.07, 6.45) is 5.96. The minimum atomic E-state index is -0.277. The Morgan fingerprint density at radius 1 is 1.30 bits per heavy atom. The van der Waals surface area contributed by atoms with Crippen molar-refractivity contribution in [2.45, 2.75) is 63.6 Å². The van der Waals surface area contributed by atoms with Crippen LogP contribution in [0.1, 0.15) is 57.1 Å². The Balaban J connectivity index is 2.13. The van der Waals surface area contributed by atoms with Gasteiger partial charge in [-0.15, -0.1) is 0 Å². The number of rotatable bonds is 4. The van der Waals surface area contributed by atoms with Gasteiger partial charge in [0.25, 0.3) is 0 Å². The molecule has 1 aromatic rings. The molecule has 0 amide bonds. The molecule has 2 rings (SSSR count). The Morgan fingerprint density at radius 3 is 2.80 bits per heavy atom. The van der Waals surface area contributed by atoms with Crippen LogP contribution in [0.4, 0.5) is 0 Å². The fourth-order valence-electron chi connectivity index (χ4n) is 2.97. The van der Waals surface area contributed by atoms with Crippen molar-refractivity contribution in [3.8, 4) is 5.75 Å². The molecule has 3 nitrogen and oxygen atoms in total. The Hall–Kier alpha value is -0.580. The minimum Gasteiger partial charge on any atom is -0.508 e. The Kier molecular flexibility index (Phi) is 5.87. The van der Waals surface area contributed by atoms with Crippen LogP contribution in [-0.2, 0) is 0 Å². The molecule has 0 aliphatic heterocycles. The van der Waals surface area contributed by atoms with E-state index in [0.29, 0.717) is 5.75 Å². The van der Waals surface area contributed by atoms with Gasteiger partial charge >= 0.3 is 0 Å². The second kappa shape index (κ2) is 7.43. The topological polar surface area (TPSA) is 52.5 Å². The van der Waals surface area contributed by atoms with Crippen LogP contribution >= 0.6 is 15.9 Å². The summed E-state index contributed by atoms with van der Waals surface area (Å²) < 4.78 is 0.965. The van der Waals surface area contributed by atoms with E-state index >= 15 is 0 Å². The van der Waals surface area contributed by atoms with Crippen molar-refractivity contribution >= 4 is 15.9 Å². The summed E-state index contributed by atoms with van der Waals surface area (Å²) in [5, 5.41) is 23.8. The monoisotopic (exact) mass is 341 g/mol. The molecule has 4 heteroatoms. The quantitative estimate of drug-likeness (QED) is 0.728. The van der Waals surface area contributed by atoms with E-state index in [-0.39, 0.29) is 18.2 Å². The molecular formula is C16H24BrNO2. The van der Waals surface area contributed by atoms with E-state index in [9.17, 15) is 10.2 Å². The number of aliphatic hydroxyl groups is 1. The lowest BCUT2D eigenvalue weighted by Gasteiger charge is -2.28. The first-order chi connectivity index (χ1) is 9.61. The van der Waals surface area contributed by atoms with Gasteiger partial charge in [0.1, 0.15) is 5.75 Å². The third kappa shape index (κ3) is 3.96. The van der Waals surface area contributed by atoms with Gasteiger partial charge in [-0.1, -0.05) is 42.1 Å². The molecule has 0 aromatic heterocycles. The summed E-state index contributed by atoms with van der Waals surface area (Å²) in [6.45, 7) is 2.10. The maximum atomic E-state index is 10.2. The standard InChI is InChI=1S/C16H24BrNO2/c1-2-13(12-10-11(17)8-9-15(12)19)18-14-6-4-3-5-7-16(14)20/h8-10,13-14,16,18-20H,2-7H2,1H3. The number of aromatic hydroxyl groups is 1. The van der Waals surface area contributed by atoms with Crippen LogP contribution in [-0.4, -0.2) is 22.4 Å². The zero-order chi connectivity index (χ0) is 14.5. The Labute approximate surface area is 129 Å². The third-order valence-corrected chi connectivity index (χ3v) is 4.66. The van der Waals surface area contributed by atoms with E-state index < -0.39 is 0 Å². The number of aliphatic hydroxyl groups excluding tert-OH is 1. The van der Waals surface area contributed by atoms with E-state index in [1.165, 1.54) is 6.42 Å². The van der Waals surface area contributed by atoms with Gasteiger partial charge in [-0.05, 0) is 37.5 Å². The predicted molar refractivity (Wildman–Crippen MR) is 84.9 cm³/mol. The molecule has 0 radical (unpaired) electrons. The number of hydrogen-bond acceptors (Lipinski definition) is 3. The molecular weight excluding hydrogens is 318 g/mol. The number of nitrogens with one attached hydrogen (secondary N) is 1. The minimum absolute atomic E-state index is 0.0743. The largest absolute Gasteiger partial charge is 0.508 e. The van der Waals surface area contributed by atoms with Gasteiger partial charge in [0, 0.05) is 22.1 Å². The summed E-state index contributed by atoms with van der Waals surface area (Å²) in [6, 6.07) is 5.71. The van der Waals surface area contributed by atoms with Gasteiger partial charge in [0.15, 0.2) is 0 Å². The first kappa shape index (κ1) is 15.8. The maximum absolute atomic E-state index is 10.2. The van der Waals surface area contributed by atoms with Gasteiger partial charge in [-0.3, -0.25) is 0 Å². The smallest absolute Gasteiger partial charge is 0.120 e. The van der Waals surface area contributed by atoms with Crippen LogP contribution < -0.4 is 5.32 Å². The van der Waals surface area contributed by atoms with Crippen LogP contribution in [0.15, 0.2) is 22.7 Å². The molecule has 3 unspecified atom stereocenters. The summed E-state index contributed by atoms with van der Waals surface area (Å²) in [5.74, 6) is 0.315. The van der Waals surface area contributed by atoms with Crippen LogP contribution in [0, 0.1) is 0 Å². The predicted octanol–water partition coefficient (Wildman–Crippen LogP) is 3.89. The summed E-state index contributed by atoms with van der Waals surface area (Å²) in [7, 11) is 0. The van der Waals surface area contributed by atoms with Crippen molar-refractivity contribution in [1.82, 2.24) is 5.32 Å². The molecule has 0 spiro atoms. The van der Waals surface area contributed by atoms with Gasteiger partial charge in [-0.25, -0.2) is 0 Å². The van der Waals surface area contributed by atoms with Crippen LogP contribution in [0.2, 0.25) is 0 Å². The number of halogens is 1. The molecule has 1 aromatic carbocycles.